The Morgan fingerprint density at radius 1 is 1.43 bits per heavy atom. The zero-order valence-corrected chi connectivity index (χ0v) is 13.3. The molecule has 3 atom stereocenters. The third-order valence-corrected chi connectivity index (χ3v) is 4.55. The zero-order valence-electron chi connectivity index (χ0n) is 13.3. The van der Waals surface area contributed by atoms with E-state index in [9.17, 15) is 14.9 Å². The largest absolute Gasteiger partial charge is 0.369 e. The van der Waals surface area contributed by atoms with Crippen molar-refractivity contribution in [3.63, 3.8) is 0 Å². The molecular weight excluding hydrogens is 268 g/mol. The number of hydrogen-bond donors (Lipinski definition) is 2. The van der Waals surface area contributed by atoms with E-state index < -0.39 is 5.54 Å². The summed E-state index contributed by atoms with van der Waals surface area (Å²) in [5.41, 5.74) is 4.47. The SMILES string of the molecule is CC(C)[C@@](C)(C#N)NC(=O)[C@H](C)N1CCC[C@H](C(N)=O)C1. The molecule has 1 rings (SSSR count). The van der Waals surface area contributed by atoms with Crippen molar-refractivity contribution < 1.29 is 9.59 Å². The maximum atomic E-state index is 12.4. The number of nitrogens with two attached hydrogens (primary N) is 1. The molecule has 1 aliphatic heterocycles. The topological polar surface area (TPSA) is 99.2 Å². The van der Waals surface area contributed by atoms with Crippen molar-refractivity contribution >= 4 is 11.8 Å². The second-order valence-electron chi connectivity index (χ2n) is 6.37. The van der Waals surface area contributed by atoms with Crippen molar-refractivity contribution in [2.45, 2.75) is 52.1 Å². The second-order valence-corrected chi connectivity index (χ2v) is 6.37. The van der Waals surface area contributed by atoms with E-state index in [1.807, 2.05) is 18.7 Å². The number of carbonyl (C=O) groups excluding carboxylic acids is 2. The molecule has 0 bridgehead atoms. The van der Waals surface area contributed by atoms with Crippen LogP contribution in [0.3, 0.4) is 0 Å². The molecule has 0 aromatic heterocycles. The molecule has 0 radical (unpaired) electrons. The van der Waals surface area contributed by atoms with E-state index in [1.54, 1.807) is 13.8 Å². The summed E-state index contributed by atoms with van der Waals surface area (Å²) in [6.45, 7) is 8.61. The summed E-state index contributed by atoms with van der Waals surface area (Å²) in [6.07, 6.45) is 1.63. The van der Waals surface area contributed by atoms with Crippen LogP contribution in [0.4, 0.5) is 0 Å². The van der Waals surface area contributed by atoms with Crippen LogP contribution in [0.1, 0.15) is 40.5 Å². The number of nitrogens with zero attached hydrogens (tertiary/aromatic N) is 2. The number of piperidine rings is 1. The van der Waals surface area contributed by atoms with Crippen LogP contribution in [-0.2, 0) is 9.59 Å². The lowest BCUT2D eigenvalue weighted by molar-refractivity contribution is -0.131. The Hall–Kier alpha value is -1.61. The van der Waals surface area contributed by atoms with Crippen molar-refractivity contribution in [3.05, 3.63) is 0 Å². The summed E-state index contributed by atoms with van der Waals surface area (Å²) in [4.78, 5) is 25.7. The van der Waals surface area contributed by atoms with Gasteiger partial charge in [-0.05, 0) is 39.2 Å². The fraction of sp³-hybridized carbons (Fsp3) is 0.800. The Kier molecular flexibility index (Phi) is 5.73. The fourth-order valence-electron chi connectivity index (χ4n) is 2.42. The smallest absolute Gasteiger partial charge is 0.238 e. The van der Waals surface area contributed by atoms with E-state index in [2.05, 4.69) is 11.4 Å². The molecule has 1 aliphatic rings. The van der Waals surface area contributed by atoms with Crippen LogP contribution < -0.4 is 11.1 Å². The predicted molar refractivity (Wildman–Crippen MR) is 80.0 cm³/mol. The van der Waals surface area contributed by atoms with E-state index >= 15 is 0 Å². The highest BCUT2D eigenvalue weighted by Crippen LogP contribution is 2.20. The predicted octanol–water partition coefficient (Wildman–Crippen LogP) is 0.627. The number of carbonyl (C=O) groups is 2. The lowest BCUT2D eigenvalue weighted by Gasteiger charge is -2.36. The summed E-state index contributed by atoms with van der Waals surface area (Å²) >= 11 is 0. The van der Waals surface area contributed by atoms with Crippen LogP contribution in [0.5, 0.6) is 0 Å². The molecule has 0 unspecified atom stereocenters. The first kappa shape index (κ1) is 17.4. The highest BCUT2D eigenvalue weighted by molar-refractivity contribution is 5.83. The highest BCUT2D eigenvalue weighted by atomic mass is 16.2. The standard InChI is InChI=1S/C15H26N4O2/c1-10(2)15(4,9-16)18-14(21)11(3)19-7-5-6-12(8-19)13(17)20/h10-12H,5-8H2,1-4H3,(H2,17,20)(H,18,21)/t11-,12-,15+/m0/s1. The number of likely N-dealkylation sites (tertiary alicyclic amines) is 1. The second kappa shape index (κ2) is 6.90. The van der Waals surface area contributed by atoms with Crippen LogP contribution >= 0.6 is 0 Å². The molecule has 118 valence electrons. The van der Waals surface area contributed by atoms with Gasteiger partial charge >= 0.3 is 0 Å². The molecule has 0 aliphatic carbocycles. The van der Waals surface area contributed by atoms with Crippen LogP contribution in [0, 0.1) is 23.2 Å². The number of amides is 2. The summed E-state index contributed by atoms with van der Waals surface area (Å²) in [7, 11) is 0. The van der Waals surface area contributed by atoms with Crippen LogP contribution in [0.15, 0.2) is 0 Å². The van der Waals surface area contributed by atoms with Gasteiger partial charge in [0.05, 0.1) is 18.0 Å². The zero-order chi connectivity index (χ0) is 16.2. The summed E-state index contributed by atoms with van der Waals surface area (Å²) < 4.78 is 0. The number of nitrogens with one attached hydrogen (secondary N) is 1. The average Bonchev–Trinajstić information content (AvgIpc) is 2.46. The minimum atomic E-state index is -0.885. The van der Waals surface area contributed by atoms with E-state index in [1.165, 1.54) is 0 Å². The molecule has 2 amide bonds. The molecule has 0 aromatic carbocycles. The number of nitriles is 1. The molecule has 1 heterocycles. The van der Waals surface area contributed by atoms with Gasteiger partial charge in [-0.2, -0.15) is 5.26 Å². The van der Waals surface area contributed by atoms with Gasteiger partial charge in [-0.3, -0.25) is 14.5 Å². The number of primary amides is 1. The first-order valence-electron chi connectivity index (χ1n) is 7.48. The molecule has 0 saturated carbocycles. The van der Waals surface area contributed by atoms with Gasteiger partial charge in [0.2, 0.25) is 11.8 Å². The Balaban J connectivity index is 2.70. The quantitative estimate of drug-likeness (QED) is 0.776. The van der Waals surface area contributed by atoms with E-state index in [0.29, 0.717) is 6.54 Å². The third kappa shape index (κ3) is 4.18. The van der Waals surface area contributed by atoms with Crippen LogP contribution in [0.2, 0.25) is 0 Å². The molecule has 21 heavy (non-hydrogen) atoms. The lowest BCUT2D eigenvalue weighted by atomic mass is 9.89. The van der Waals surface area contributed by atoms with Crippen molar-refractivity contribution in [2.24, 2.45) is 17.6 Å². The number of hydrogen-bond acceptors (Lipinski definition) is 4. The Morgan fingerprint density at radius 2 is 2.05 bits per heavy atom. The van der Waals surface area contributed by atoms with Gasteiger partial charge in [0.15, 0.2) is 0 Å². The summed E-state index contributed by atoms with van der Waals surface area (Å²) in [5, 5.41) is 12.1. The Labute approximate surface area is 126 Å². The third-order valence-electron chi connectivity index (χ3n) is 4.55. The average molecular weight is 294 g/mol. The molecular formula is C15H26N4O2. The molecule has 0 spiro atoms. The maximum absolute atomic E-state index is 12.4. The summed E-state index contributed by atoms with van der Waals surface area (Å²) in [5.74, 6) is -0.672. The van der Waals surface area contributed by atoms with Gasteiger partial charge in [-0.15, -0.1) is 0 Å². The van der Waals surface area contributed by atoms with Crippen molar-refractivity contribution in [1.82, 2.24) is 10.2 Å². The minimum Gasteiger partial charge on any atom is -0.369 e. The molecule has 3 N–H and O–H groups in total. The van der Waals surface area contributed by atoms with Crippen LogP contribution in [0.25, 0.3) is 0 Å². The van der Waals surface area contributed by atoms with E-state index in [4.69, 9.17) is 5.73 Å². The van der Waals surface area contributed by atoms with Gasteiger partial charge < -0.3 is 11.1 Å². The van der Waals surface area contributed by atoms with Crippen molar-refractivity contribution in [3.8, 4) is 6.07 Å². The highest BCUT2D eigenvalue weighted by Gasteiger charge is 2.35. The van der Waals surface area contributed by atoms with Gasteiger partial charge in [-0.1, -0.05) is 13.8 Å². The van der Waals surface area contributed by atoms with E-state index in [-0.39, 0.29) is 29.7 Å². The van der Waals surface area contributed by atoms with Gasteiger partial charge in [0.1, 0.15) is 5.54 Å². The van der Waals surface area contributed by atoms with E-state index in [0.717, 1.165) is 19.4 Å². The summed E-state index contributed by atoms with van der Waals surface area (Å²) in [6, 6.07) is 1.79. The van der Waals surface area contributed by atoms with Crippen LogP contribution in [-0.4, -0.2) is 41.4 Å². The lowest BCUT2D eigenvalue weighted by Crippen LogP contribution is -2.56. The first-order valence-corrected chi connectivity index (χ1v) is 7.48. The Morgan fingerprint density at radius 3 is 2.52 bits per heavy atom. The van der Waals surface area contributed by atoms with Gasteiger partial charge in [0.25, 0.3) is 0 Å². The van der Waals surface area contributed by atoms with Crippen molar-refractivity contribution in [2.75, 3.05) is 13.1 Å². The number of rotatable bonds is 5. The molecule has 1 saturated heterocycles. The van der Waals surface area contributed by atoms with Gasteiger partial charge in [-0.25, -0.2) is 0 Å². The van der Waals surface area contributed by atoms with Gasteiger partial charge in [0, 0.05) is 6.54 Å². The normalized spacial score (nSPS) is 23.9. The molecule has 0 aromatic rings. The molecule has 1 fully saturated rings. The molecule has 6 heteroatoms. The molecule has 6 nitrogen and oxygen atoms in total. The minimum absolute atomic E-state index is 0.0124. The maximum Gasteiger partial charge on any atom is 0.238 e. The first-order chi connectivity index (χ1) is 9.71. The van der Waals surface area contributed by atoms with Crippen molar-refractivity contribution in [1.29, 1.82) is 5.26 Å². The Bertz CT molecular complexity index is 443. The fourth-order valence-corrected chi connectivity index (χ4v) is 2.42. The monoisotopic (exact) mass is 294 g/mol.